The number of benzene rings is 1. The molecule has 144 valence electrons. The fourth-order valence-corrected chi connectivity index (χ4v) is 2.98. The van der Waals surface area contributed by atoms with Crippen molar-refractivity contribution in [1.29, 1.82) is 0 Å². The number of para-hydroxylation sites is 1. The highest BCUT2D eigenvalue weighted by Crippen LogP contribution is 2.36. The molecule has 1 aliphatic carbocycles. The predicted octanol–water partition coefficient (Wildman–Crippen LogP) is 3.65. The monoisotopic (exact) mass is 378 g/mol. The second kappa shape index (κ2) is 7.19. The quantitative estimate of drug-likeness (QED) is 0.742. The molecule has 5 nitrogen and oxygen atoms in total. The van der Waals surface area contributed by atoms with Crippen LogP contribution in [-0.2, 0) is 17.5 Å². The Labute approximate surface area is 155 Å². The van der Waals surface area contributed by atoms with Crippen LogP contribution >= 0.6 is 0 Å². The van der Waals surface area contributed by atoms with E-state index in [2.05, 4.69) is 15.6 Å². The number of rotatable bonds is 5. The molecule has 4 N–H and O–H groups in total. The zero-order chi connectivity index (χ0) is 19.7. The van der Waals surface area contributed by atoms with Crippen molar-refractivity contribution in [3.05, 3.63) is 53.3 Å². The maximum Gasteiger partial charge on any atom is 0.418 e. The van der Waals surface area contributed by atoms with Gasteiger partial charge in [0.1, 0.15) is 0 Å². The average Bonchev–Trinajstić information content (AvgIpc) is 2.58. The van der Waals surface area contributed by atoms with Crippen LogP contribution in [0.1, 0.15) is 36.1 Å². The van der Waals surface area contributed by atoms with Crippen LogP contribution in [0.15, 0.2) is 36.5 Å². The van der Waals surface area contributed by atoms with Gasteiger partial charge in [0.25, 0.3) is 0 Å². The van der Waals surface area contributed by atoms with E-state index in [0.29, 0.717) is 24.2 Å². The molecule has 1 fully saturated rings. The van der Waals surface area contributed by atoms with Crippen molar-refractivity contribution in [2.75, 3.05) is 5.32 Å². The Kier molecular flexibility index (Phi) is 5.10. The van der Waals surface area contributed by atoms with Crippen LogP contribution in [0, 0.1) is 6.92 Å². The van der Waals surface area contributed by atoms with Gasteiger partial charge in [0.2, 0.25) is 5.91 Å². The van der Waals surface area contributed by atoms with Crippen molar-refractivity contribution in [2.24, 2.45) is 5.73 Å². The zero-order valence-electron chi connectivity index (χ0n) is 14.9. The second-order valence-corrected chi connectivity index (χ2v) is 6.85. The Morgan fingerprint density at radius 3 is 2.59 bits per heavy atom. The maximum absolute atomic E-state index is 13.1. The first-order valence-electron chi connectivity index (χ1n) is 8.65. The number of anilines is 2. The number of nitrogens with two attached hydrogens (primary N) is 1. The number of halogens is 3. The summed E-state index contributed by atoms with van der Waals surface area (Å²) in [6.45, 7) is 2.01. The lowest BCUT2D eigenvalue weighted by Gasteiger charge is -2.36. The molecule has 1 saturated carbocycles. The highest BCUT2D eigenvalue weighted by atomic mass is 19.4. The van der Waals surface area contributed by atoms with Crippen LogP contribution in [0.4, 0.5) is 24.5 Å². The SMILES string of the molecule is Cc1cc(Nc2ccccc2C(F)(F)F)cnc1CNC(=O)C1(N)CCC1. The summed E-state index contributed by atoms with van der Waals surface area (Å²) in [5.41, 5.74) is 6.24. The molecule has 1 amide bonds. The van der Waals surface area contributed by atoms with Gasteiger partial charge in [-0.2, -0.15) is 13.2 Å². The molecule has 3 rings (SSSR count). The Morgan fingerprint density at radius 1 is 1.30 bits per heavy atom. The standard InChI is InChI=1S/C19H21F3N4O/c1-12-9-13(26-15-6-3-2-5-14(15)19(20,21)22)10-24-16(12)11-25-17(27)18(23)7-4-8-18/h2-3,5-6,9-10,26H,4,7-8,11,23H2,1H3,(H,25,27). The van der Waals surface area contributed by atoms with E-state index in [9.17, 15) is 18.0 Å². The number of aromatic nitrogens is 1. The van der Waals surface area contributed by atoms with Gasteiger partial charge in [-0.3, -0.25) is 9.78 Å². The van der Waals surface area contributed by atoms with Crippen molar-refractivity contribution in [2.45, 2.75) is 44.4 Å². The van der Waals surface area contributed by atoms with Crippen molar-refractivity contribution >= 4 is 17.3 Å². The van der Waals surface area contributed by atoms with Gasteiger partial charge < -0.3 is 16.4 Å². The van der Waals surface area contributed by atoms with E-state index in [4.69, 9.17) is 5.73 Å². The molecule has 0 spiro atoms. The molecule has 1 heterocycles. The van der Waals surface area contributed by atoms with Gasteiger partial charge in [0.05, 0.1) is 40.9 Å². The Hall–Kier alpha value is -2.61. The fourth-order valence-electron chi connectivity index (χ4n) is 2.98. The summed E-state index contributed by atoms with van der Waals surface area (Å²) in [5, 5.41) is 5.55. The number of carbonyl (C=O) groups is 1. The molecule has 0 bridgehead atoms. The molecule has 8 heteroatoms. The summed E-state index contributed by atoms with van der Waals surface area (Å²) in [6, 6.07) is 6.96. The lowest BCUT2D eigenvalue weighted by atomic mass is 9.77. The largest absolute Gasteiger partial charge is 0.418 e. The third-order valence-corrected chi connectivity index (χ3v) is 4.81. The van der Waals surface area contributed by atoms with Crippen molar-refractivity contribution < 1.29 is 18.0 Å². The van der Waals surface area contributed by atoms with Crippen molar-refractivity contribution in [3.63, 3.8) is 0 Å². The number of carbonyl (C=O) groups excluding carboxylic acids is 1. The lowest BCUT2D eigenvalue weighted by molar-refractivity contribution is -0.137. The summed E-state index contributed by atoms with van der Waals surface area (Å²) in [6.07, 6.45) is -0.709. The van der Waals surface area contributed by atoms with Gasteiger partial charge >= 0.3 is 6.18 Å². The summed E-state index contributed by atoms with van der Waals surface area (Å²) in [7, 11) is 0. The van der Waals surface area contributed by atoms with Gasteiger partial charge in [-0.1, -0.05) is 12.1 Å². The number of nitrogens with one attached hydrogen (secondary N) is 2. The molecular formula is C19H21F3N4O. The average molecular weight is 378 g/mol. The number of pyridine rings is 1. The molecule has 1 aromatic carbocycles. The van der Waals surface area contributed by atoms with Crippen molar-refractivity contribution in [3.8, 4) is 0 Å². The van der Waals surface area contributed by atoms with Gasteiger partial charge in [-0.05, 0) is 49.9 Å². The van der Waals surface area contributed by atoms with E-state index >= 15 is 0 Å². The van der Waals surface area contributed by atoms with E-state index in [1.807, 2.05) is 0 Å². The Balaban J connectivity index is 1.70. The minimum atomic E-state index is -4.45. The van der Waals surface area contributed by atoms with E-state index < -0.39 is 17.3 Å². The topological polar surface area (TPSA) is 80.0 Å². The molecule has 27 heavy (non-hydrogen) atoms. The third-order valence-electron chi connectivity index (χ3n) is 4.81. The number of amides is 1. The van der Waals surface area contributed by atoms with Crippen LogP contribution in [0.25, 0.3) is 0 Å². The minimum absolute atomic E-state index is 0.0395. The highest BCUT2D eigenvalue weighted by Gasteiger charge is 2.39. The Morgan fingerprint density at radius 2 is 2.00 bits per heavy atom. The summed E-state index contributed by atoms with van der Waals surface area (Å²) in [5.74, 6) is -0.198. The van der Waals surface area contributed by atoms with Crippen LogP contribution in [-0.4, -0.2) is 16.4 Å². The molecule has 2 aromatic rings. The zero-order valence-corrected chi connectivity index (χ0v) is 14.9. The lowest BCUT2D eigenvalue weighted by Crippen LogP contribution is -2.58. The smallest absolute Gasteiger partial charge is 0.354 e. The molecule has 1 aliphatic rings. The van der Waals surface area contributed by atoms with Gasteiger partial charge in [0.15, 0.2) is 0 Å². The molecule has 0 saturated heterocycles. The van der Waals surface area contributed by atoms with Crippen molar-refractivity contribution in [1.82, 2.24) is 10.3 Å². The van der Waals surface area contributed by atoms with E-state index in [0.717, 1.165) is 18.1 Å². The molecular weight excluding hydrogens is 357 g/mol. The summed E-state index contributed by atoms with van der Waals surface area (Å²) in [4.78, 5) is 16.4. The van der Waals surface area contributed by atoms with E-state index in [-0.39, 0.29) is 18.1 Å². The molecule has 0 radical (unpaired) electrons. The molecule has 0 atom stereocenters. The highest BCUT2D eigenvalue weighted by molar-refractivity contribution is 5.86. The number of alkyl halides is 3. The first-order chi connectivity index (χ1) is 12.7. The molecule has 1 aromatic heterocycles. The van der Waals surface area contributed by atoms with E-state index in [1.54, 1.807) is 13.0 Å². The van der Waals surface area contributed by atoms with Crippen LogP contribution in [0.5, 0.6) is 0 Å². The van der Waals surface area contributed by atoms with Gasteiger partial charge in [0, 0.05) is 0 Å². The van der Waals surface area contributed by atoms with Crippen LogP contribution < -0.4 is 16.4 Å². The second-order valence-electron chi connectivity index (χ2n) is 6.85. The third kappa shape index (κ3) is 4.21. The first kappa shape index (κ1) is 19.2. The number of hydrogen-bond donors (Lipinski definition) is 3. The fraction of sp³-hybridized carbons (Fsp3) is 0.368. The van der Waals surface area contributed by atoms with Gasteiger partial charge in [-0.25, -0.2) is 0 Å². The summed E-state index contributed by atoms with van der Waals surface area (Å²) < 4.78 is 39.3. The Bertz CT molecular complexity index is 847. The maximum atomic E-state index is 13.1. The molecule has 0 aliphatic heterocycles. The molecule has 0 unspecified atom stereocenters. The van der Waals surface area contributed by atoms with Crippen LogP contribution in [0.3, 0.4) is 0 Å². The first-order valence-corrected chi connectivity index (χ1v) is 8.65. The number of hydrogen-bond acceptors (Lipinski definition) is 4. The number of aryl methyl sites for hydroxylation is 1. The summed E-state index contributed by atoms with van der Waals surface area (Å²) >= 11 is 0. The predicted molar refractivity (Wildman–Crippen MR) is 96.3 cm³/mol. The normalized spacial score (nSPS) is 15.7. The number of nitrogens with zero attached hydrogens (tertiary/aromatic N) is 1. The van der Waals surface area contributed by atoms with E-state index in [1.165, 1.54) is 24.4 Å². The van der Waals surface area contributed by atoms with Crippen LogP contribution in [0.2, 0.25) is 0 Å². The minimum Gasteiger partial charge on any atom is -0.354 e. The van der Waals surface area contributed by atoms with Gasteiger partial charge in [-0.15, -0.1) is 0 Å².